The smallest absolute Gasteiger partial charge is 0.287 e. The van der Waals surface area contributed by atoms with Crippen LogP contribution in [-0.2, 0) is 13.6 Å². The van der Waals surface area contributed by atoms with E-state index in [1.807, 2.05) is 6.07 Å². The Hall–Kier alpha value is -1.72. The third-order valence-electron chi connectivity index (χ3n) is 2.83. The van der Waals surface area contributed by atoms with Crippen LogP contribution in [0.5, 0.6) is 5.75 Å². The van der Waals surface area contributed by atoms with E-state index in [1.165, 1.54) is 17.9 Å². The highest BCUT2D eigenvalue weighted by Gasteiger charge is 2.10. The summed E-state index contributed by atoms with van der Waals surface area (Å²) in [5.41, 5.74) is 0.882. The molecule has 0 aliphatic carbocycles. The van der Waals surface area contributed by atoms with Crippen molar-refractivity contribution < 1.29 is 4.74 Å². The summed E-state index contributed by atoms with van der Waals surface area (Å²) in [7, 11) is 3.11. The van der Waals surface area contributed by atoms with Crippen molar-refractivity contribution in [2.45, 2.75) is 6.54 Å². The van der Waals surface area contributed by atoms with Crippen LogP contribution in [0.2, 0.25) is 10.0 Å². The Morgan fingerprint density at radius 1 is 1.40 bits per heavy atom. The van der Waals surface area contributed by atoms with E-state index in [4.69, 9.17) is 27.9 Å². The lowest BCUT2D eigenvalue weighted by atomic mass is 10.2. The summed E-state index contributed by atoms with van der Waals surface area (Å²) in [5, 5.41) is 7.62. The van der Waals surface area contributed by atoms with Gasteiger partial charge in [0.2, 0.25) is 0 Å². The summed E-state index contributed by atoms with van der Waals surface area (Å²) < 4.78 is 6.42. The second-order valence-corrected chi connectivity index (χ2v) is 4.86. The quantitative estimate of drug-likeness (QED) is 0.943. The van der Waals surface area contributed by atoms with Crippen LogP contribution in [0.4, 0.5) is 5.69 Å². The molecule has 0 atom stereocenters. The average molecular weight is 314 g/mol. The first-order valence-corrected chi connectivity index (χ1v) is 6.57. The first kappa shape index (κ1) is 14.7. The fourth-order valence-corrected chi connectivity index (χ4v) is 2.19. The Labute approximate surface area is 126 Å². The predicted molar refractivity (Wildman–Crippen MR) is 79.8 cm³/mol. The lowest BCUT2D eigenvalue weighted by Gasteiger charge is -2.12. The maximum absolute atomic E-state index is 11.7. The number of ether oxygens (including phenoxy) is 1. The SMILES string of the molecule is COc1cccc(Cl)c1CNc1cnn(C)c(=O)c1Cl. The summed E-state index contributed by atoms with van der Waals surface area (Å²) in [4.78, 5) is 11.7. The number of aryl methyl sites for hydroxylation is 1. The number of rotatable bonds is 4. The van der Waals surface area contributed by atoms with E-state index in [9.17, 15) is 4.79 Å². The van der Waals surface area contributed by atoms with E-state index in [0.717, 1.165) is 5.56 Å². The monoisotopic (exact) mass is 313 g/mol. The number of nitrogens with zero attached hydrogens (tertiary/aromatic N) is 2. The van der Waals surface area contributed by atoms with Gasteiger partial charge in [-0.3, -0.25) is 4.79 Å². The zero-order valence-corrected chi connectivity index (χ0v) is 12.5. The van der Waals surface area contributed by atoms with Crippen molar-refractivity contribution in [2.24, 2.45) is 7.05 Å². The molecule has 7 heteroatoms. The average Bonchev–Trinajstić information content (AvgIpc) is 2.45. The van der Waals surface area contributed by atoms with Crippen LogP contribution in [0, 0.1) is 0 Å². The molecule has 0 fully saturated rings. The standard InChI is InChI=1S/C13H13Cl2N3O2/c1-18-13(19)12(15)10(7-17-18)16-6-8-9(14)4-3-5-11(8)20-2/h3-5,7,16H,6H2,1-2H3. The lowest BCUT2D eigenvalue weighted by molar-refractivity contribution is 0.410. The van der Waals surface area contributed by atoms with Gasteiger partial charge in [-0.2, -0.15) is 5.10 Å². The van der Waals surface area contributed by atoms with Gasteiger partial charge in [-0.25, -0.2) is 4.68 Å². The molecule has 106 valence electrons. The minimum atomic E-state index is -0.359. The Kier molecular flexibility index (Phi) is 4.52. The number of anilines is 1. The van der Waals surface area contributed by atoms with Crippen molar-refractivity contribution in [1.29, 1.82) is 0 Å². The Morgan fingerprint density at radius 3 is 2.85 bits per heavy atom. The van der Waals surface area contributed by atoms with Crippen LogP contribution in [0.25, 0.3) is 0 Å². The van der Waals surface area contributed by atoms with Gasteiger partial charge in [0.25, 0.3) is 5.56 Å². The molecule has 1 N–H and O–H groups in total. The fourth-order valence-electron chi connectivity index (χ4n) is 1.72. The minimum Gasteiger partial charge on any atom is -0.496 e. The van der Waals surface area contributed by atoms with Crippen LogP contribution in [0.15, 0.2) is 29.2 Å². The molecular weight excluding hydrogens is 301 g/mol. The highest BCUT2D eigenvalue weighted by molar-refractivity contribution is 6.33. The fraction of sp³-hybridized carbons (Fsp3) is 0.231. The number of aromatic nitrogens is 2. The molecule has 2 rings (SSSR count). The molecule has 1 aromatic carbocycles. The number of nitrogens with one attached hydrogen (secondary N) is 1. The van der Waals surface area contributed by atoms with Crippen LogP contribution < -0.4 is 15.6 Å². The summed E-state index contributed by atoms with van der Waals surface area (Å²) in [6.07, 6.45) is 1.49. The highest BCUT2D eigenvalue weighted by atomic mass is 35.5. The number of methoxy groups -OCH3 is 1. The maximum atomic E-state index is 11.7. The van der Waals surface area contributed by atoms with Gasteiger partial charge in [0.1, 0.15) is 10.8 Å². The van der Waals surface area contributed by atoms with Crippen LogP contribution >= 0.6 is 23.2 Å². The minimum absolute atomic E-state index is 0.0912. The van der Waals surface area contributed by atoms with Crippen molar-refractivity contribution in [3.8, 4) is 5.75 Å². The summed E-state index contributed by atoms with van der Waals surface area (Å²) in [5.74, 6) is 0.665. The molecule has 0 aliphatic heterocycles. The zero-order valence-electron chi connectivity index (χ0n) is 11.0. The molecule has 0 amide bonds. The van der Waals surface area contributed by atoms with Crippen molar-refractivity contribution in [2.75, 3.05) is 12.4 Å². The molecule has 0 unspecified atom stereocenters. The number of hydrogen-bond acceptors (Lipinski definition) is 4. The maximum Gasteiger partial charge on any atom is 0.287 e. The topological polar surface area (TPSA) is 56.1 Å². The molecule has 1 aromatic heterocycles. The molecular formula is C13H13Cl2N3O2. The molecule has 0 spiro atoms. The van der Waals surface area contributed by atoms with Gasteiger partial charge < -0.3 is 10.1 Å². The summed E-state index contributed by atoms with van der Waals surface area (Å²) >= 11 is 12.1. The van der Waals surface area contributed by atoms with Gasteiger partial charge in [-0.05, 0) is 12.1 Å². The molecule has 0 saturated heterocycles. The van der Waals surface area contributed by atoms with Crippen molar-refractivity contribution in [3.05, 3.63) is 50.4 Å². The Morgan fingerprint density at radius 2 is 2.15 bits per heavy atom. The molecule has 20 heavy (non-hydrogen) atoms. The first-order chi connectivity index (χ1) is 9.54. The van der Waals surface area contributed by atoms with Crippen LogP contribution in [-0.4, -0.2) is 16.9 Å². The van der Waals surface area contributed by atoms with Crippen molar-refractivity contribution in [3.63, 3.8) is 0 Å². The molecule has 5 nitrogen and oxygen atoms in total. The van der Waals surface area contributed by atoms with E-state index < -0.39 is 0 Å². The largest absolute Gasteiger partial charge is 0.496 e. The third-order valence-corrected chi connectivity index (χ3v) is 3.55. The van der Waals surface area contributed by atoms with Crippen molar-refractivity contribution in [1.82, 2.24) is 9.78 Å². The van der Waals surface area contributed by atoms with E-state index in [2.05, 4.69) is 10.4 Å². The predicted octanol–water partition coefficient (Wildman–Crippen LogP) is 2.71. The van der Waals surface area contributed by atoms with Gasteiger partial charge in [-0.1, -0.05) is 29.3 Å². The molecule has 1 heterocycles. The van der Waals surface area contributed by atoms with E-state index in [0.29, 0.717) is 23.0 Å². The third kappa shape index (κ3) is 2.89. The molecule has 0 bridgehead atoms. The number of hydrogen-bond donors (Lipinski definition) is 1. The van der Waals surface area contributed by atoms with Gasteiger partial charge >= 0.3 is 0 Å². The van der Waals surface area contributed by atoms with Crippen LogP contribution in [0.1, 0.15) is 5.56 Å². The Balaban J connectivity index is 2.26. The summed E-state index contributed by atoms with van der Waals surface area (Å²) in [6.45, 7) is 0.372. The van der Waals surface area contributed by atoms with E-state index in [-0.39, 0.29) is 10.6 Å². The second-order valence-electron chi connectivity index (χ2n) is 4.08. The first-order valence-electron chi connectivity index (χ1n) is 5.81. The van der Waals surface area contributed by atoms with Crippen molar-refractivity contribution >= 4 is 28.9 Å². The lowest BCUT2D eigenvalue weighted by Crippen LogP contribution is -2.21. The Bertz CT molecular complexity index is 686. The highest BCUT2D eigenvalue weighted by Crippen LogP contribution is 2.27. The molecule has 0 aliphatic rings. The molecule has 0 saturated carbocycles. The van der Waals surface area contributed by atoms with Gasteiger partial charge in [0.15, 0.2) is 0 Å². The van der Waals surface area contributed by atoms with Gasteiger partial charge in [0, 0.05) is 24.2 Å². The summed E-state index contributed by atoms with van der Waals surface area (Å²) in [6, 6.07) is 5.38. The number of benzene rings is 1. The second kappa shape index (κ2) is 6.15. The van der Waals surface area contributed by atoms with E-state index in [1.54, 1.807) is 19.2 Å². The normalized spacial score (nSPS) is 10.4. The van der Waals surface area contributed by atoms with E-state index >= 15 is 0 Å². The zero-order chi connectivity index (χ0) is 14.7. The van der Waals surface area contributed by atoms with Crippen LogP contribution in [0.3, 0.4) is 0 Å². The molecule has 0 radical (unpaired) electrons. The molecule has 2 aromatic rings. The van der Waals surface area contributed by atoms with Gasteiger partial charge in [0.05, 0.1) is 19.0 Å². The van der Waals surface area contributed by atoms with Gasteiger partial charge in [-0.15, -0.1) is 0 Å². The number of halogens is 2.